The quantitative estimate of drug-likeness (QED) is 0.493. The third kappa shape index (κ3) is 6.51. The highest BCUT2D eigenvalue weighted by Gasteiger charge is 2.42. The van der Waals surface area contributed by atoms with Crippen LogP contribution >= 0.6 is 0 Å². The fraction of sp³-hybridized carbons (Fsp3) is 0.565. The monoisotopic (exact) mass is 433 g/mol. The SMILES string of the molecule is C=CCN(CCC[C@H](NC(=O)O)C(=O)N1CCC(O)CC1)C1C[C@H]1c1ccc(F)cc1. The summed E-state index contributed by atoms with van der Waals surface area (Å²) in [5.74, 6) is -0.108. The van der Waals surface area contributed by atoms with E-state index < -0.39 is 18.2 Å². The van der Waals surface area contributed by atoms with Crippen LogP contribution in [-0.4, -0.2) is 76.4 Å². The summed E-state index contributed by atoms with van der Waals surface area (Å²) in [5.41, 5.74) is 1.12. The van der Waals surface area contributed by atoms with Crippen molar-refractivity contribution in [3.8, 4) is 0 Å². The van der Waals surface area contributed by atoms with E-state index in [4.69, 9.17) is 0 Å². The van der Waals surface area contributed by atoms with Crippen molar-refractivity contribution in [1.29, 1.82) is 0 Å². The lowest BCUT2D eigenvalue weighted by Crippen LogP contribution is -2.51. The smallest absolute Gasteiger partial charge is 0.405 e. The molecule has 0 aromatic heterocycles. The van der Waals surface area contributed by atoms with Crippen molar-refractivity contribution >= 4 is 12.0 Å². The molecule has 1 saturated carbocycles. The lowest BCUT2D eigenvalue weighted by Gasteiger charge is -2.32. The second-order valence-corrected chi connectivity index (χ2v) is 8.45. The van der Waals surface area contributed by atoms with E-state index in [1.165, 1.54) is 12.1 Å². The highest BCUT2D eigenvalue weighted by Crippen LogP contribution is 2.44. The minimum atomic E-state index is -1.21. The van der Waals surface area contributed by atoms with E-state index in [1.807, 2.05) is 18.2 Å². The van der Waals surface area contributed by atoms with Gasteiger partial charge in [0, 0.05) is 31.6 Å². The zero-order valence-corrected chi connectivity index (χ0v) is 17.8. The first-order valence-corrected chi connectivity index (χ1v) is 11.0. The number of nitrogens with zero attached hydrogens (tertiary/aromatic N) is 2. The van der Waals surface area contributed by atoms with E-state index >= 15 is 0 Å². The van der Waals surface area contributed by atoms with Gasteiger partial charge < -0.3 is 20.4 Å². The molecule has 8 heteroatoms. The average Bonchev–Trinajstić information content (AvgIpc) is 3.53. The molecule has 2 aliphatic rings. The molecule has 170 valence electrons. The van der Waals surface area contributed by atoms with Gasteiger partial charge in [0.1, 0.15) is 11.9 Å². The highest BCUT2D eigenvalue weighted by atomic mass is 19.1. The van der Waals surface area contributed by atoms with Crippen LogP contribution in [0, 0.1) is 5.82 Å². The number of carbonyl (C=O) groups is 2. The Hall–Kier alpha value is -2.45. The van der Waals surface area contributed by atoms with Gasteiger partial charge in [-0.3, -0.25) is 9.69 Å². The molecule has 1 aromatic rings. The van der Waals surface area contributed by atoms with Gasteiger partial charge in [0.2, 0.25) is 5.91 Å². The molecule has 1 aliphatic carbocycles. The molecule has 1 heterocycles. The molecule has 2 amide bonds. The number of piperidine rings is 1. The molecule has 1 aromatic carbocycles. The van der Waals surface area contributed by atoms with Crippen molar-refractivity contribution < 1.29 is 24.2 Å². The van der Waals surface area contributed by atoms with E-state index in [2.05, 4.69) is 16.8 Å². The summed E-state index contributed by atoms with van der Waals surface area (Å²) in [6.07, 6.45) is 3.34. The van der Waals surface area contributed by atoms with Crippen molar-refractivity contribution in [2.45, 2.75) is 56.2 Å². The number of hydrogen-bond donors (Lipinski definition) is 3. The topological polar surface area (TPSA) is 93.1 Å². The van der Waals surface area contributed by atoms with E-state index in [0.29, 0.717) is 57.3 Å². The first-order valence-electron chi connectivity index (χ1n) is 11.0. The van der Waals surface area contributed by atoms with Crippen LogP contribution in [0.15, 0.2) is 36.9 Å². The van der Waals surface area contributed by atoms with Gasteiger partial charge >= 0.3 is 6.09 Å². The third-order valence-electron chi connectivity index (χ3n) is 6.20. The lowest BCUT2D eigenvalue weighted by atomic mass is 10.0. The van der Waals surface area contributed by atoms with Crippen molar-refractivity contribution in [3.63, 3.8) is 0 Å². The van der Waals surface area contributed by atoms with Crippen LogP contribution in [0.2, 0.25) is 0 Å². The Bertz CT molecular complexity index is 765. The standard InChI is InChI=1S/C23H32FN3O4/c1-2-11-26(21-15-19(21)16-5-7-17(24)8-6-16)12-3-4-20(25-23(30)31)22(29)27-13-9-18(28)10-14-27/h2,5-8,18-21,25,28H,1,3-4,9-15H2,(H,30,31)/t19-,20-,21?/m0/s1. The fourth-order valence-electron chi connectivity index (χ4n) is 4.42. The van der Waals surface area contributed by atoms with Gasteiger partial charge in [-0.15, -0.1) is 6.58 Å². The number of benzene rings is 1. The number of carboxylic acid groups (broad SMARTS) is 1. The Labute approximate surface area is 182 Å². The minimum Gasteiger partial charge on any atom is -0.465 e. The molecule has 1 aliphatic heterocycles. The fourth-order valence-corrected chi connectivity index (χ4v) is 4.42. The summed E-state index contributed by atoms with van der Waals surface area (Å²) >= 11 is 0. The van der Waals surface area contributed by atoms with Crippen LogP contribution in [0.1, 0.15) is 43.6 Å². The Kier molecular flexibility index (Phi) is 8.03. The van der Waals surface area contributed by atoms with Gasteiger partial charge in [0.25, 0.3) is 0 Å². The Morgan fingerprint density at radius 1 is 1.29 bits per heavy atom. The highest BCUT2D eigenvalue weighted by molar-refractivity contribution is 5.85. The number of rotatable bonds is 10. The van der Waals surface area contributed by atoms with Crippen molar-refractivity contribution in [3.05, 3.63) is 48.3 Å². The predicted molar refractivity (Wildman–Crippen MR) is 115 cm³/mol. The maximum atomic E-state index is 13.2. The minimum absolute atomic E-state index is 0.222. The molecule has 0 radical (unpaired) electrons. The molecule has 0 bridgehead atoms. The Morgan fingerprint density at radius 3 is 2.58 bits per heavy atom. The summed E-state index contributed by atoms with van der Waals surface area (Å²) < 4.78 is 13.2. The van der Waals surface area contributed by atoms with Crippen LogP contribution in [-0.2, 0) is 4.79 Å². The maximum Gasteiger partial charge on any atom is 0.405 e. The van der Waals surface area contributed by atoms with Crippen molar-refractivity contribution in [1.82, 2.24) is 15.1 Å². The van der Waals surface area contributed by atoms with Crippen LogP contribution in [0.3, 0.4) is 0 Å². The molecule has 31 heavy (non-hydrogen) atoms. The number of nitrogens with one attached hydrogen (secondary N) is 1. The Morgan fingerprint density at radius 2 is 1.97 bits per heavy atom. The zero-order valence-electron chi connectivity index (χ0n) is 17.8. The van der Waals surface area contributed by atoms with Crippen LogP contribution < -0.4 is 5.32 Å². The molecular formula is C23H32FN3O4. The molecule has 1 unspecified atom stereocenters. The third-order valence-corrected chi connectivity index (χ3v) is 6.20. The first-order chi connectivity index (χ1) is 14.9. The summed E-state index contributed by atoms with van der Waals surface area (Å²) in [6, 6.07) is 6.17. The molecule has 3 rings (SSSR count). The van der Waals surface area contributed by atoms with Gasteiger partial charge in [-0.05, 0) is 56.3 Å². The van der Waals surface area contributed by atoms with E-state index in [0.717, 1.165) is 18.5 Å². The summed E-state index contributed by atoms with van der Waals surface area (Å²) in [5, 5.41) is 21.2. The molecule has 2 fully saturated rings. The summed E-state index contributed by atoms with van der Waals surface area (Å²) in [6.45, 7) is 6.15. The van der Waals surface area contributed by atoms with Gasteiger partial charge in [-0.25, -0.2) is 9.18 Å². The Balaban J connectivity index is 1.53. The predicted octanol–water partition coefficient (Wildman–Crippen LogP) is 2.57. The van der Waals surface area contributed by atoms with Crippen LogP contribution in [0.25, 0.3) is 0 Å². The normalized spacial score (nSPS) is 22.2. The van der Waals surface area contributed by atoms with Gasteiger partial charge in [0.15, 0.2) is 0 Å². The summed E-state index contributed by atoms with van der Waals surface area (Å²) in [4.78, 5) is 28.0. The largest absolute Gasteiger partial charge is 0.465 e. The number of amides is 2. The maximum absolute atomic E-state index is 13.2. The second kappa shape index (κ2) is 10.7. The number of halogens is 1. The van der Waals surface area contributed by atoms with Crippen molar-refractivity contribution in [2.75, 3.05) is 26.2 Å². The van der Waals surface area contributed by atoms with E-state index in [-0.39, 0.29) is 11.7 Å². The summed E-state index contributed by atoms with van der Waals surface area (Å²) in [7, 11) is 0. The molecule has 3 N–H and O–H groups in total. The van der Waals surface area contributed by atoms with Crippen molar-refractivity contribution in [2.24, 2.45) is 0 Å². The van der Waals surface area contributed by atoms with Crippen LogP contribution in [0.4, 0.5) is 9.18 Å². The van der Waals surface area contributed by atoms with Gasteiger partial charge in [0.05, 0.1) is 6.10 Å². The number of aliphatic hydroxyl groups is 1. The molecule has 3 atom stereocenters. The molecule has 0 spiro atoms. The average molecular weight is 434 g/mol. The number of hydrogen-bond acceptors (Lipinski definition) is 4. The van der Waals surface area contributed by atoms with Gasteiger partial charge in [-0.1, -0.05) is 18.2 Å². The van der Waals surface area contributed by atoms with E-state index in [1.54, 1.807) is 4.90 Å². The number of likely N-dealkylation sites (tertiary alicyclic amines) is 1. The number of carbonyl (C=O) groups excluding carboxylic acids is 1. The first kappa shape index (κ1) is 23.2. The lowest BCUT2D eigenvalue weighted by molar-refractivity contribution is -0.135. The van der Waals surface area contributed by atoms with Gasteiger partial charge in [-0.2, -0.15) is 0 Å². The second-order valence-electron chi connectivity index (χ2n) is 8.45. The molecular weight excluding hydrogens is 401 g/mol. The zero-order chi connectivity index (χ0) is 22.4. The van der Waals surface area contributed by atoms with Crippen LogP contribution in [0.5, 0.6) is 0 Å². The molecule has 1 saturated heterocycles. The number of aliphatic hydroxyl groups excluding tert-OH is 1. The van der Waals surface area contributed by atoms with E-state index in [9.17, 15) is 24.2 Å². The molecule has 7 nitrogen and oxygen atoms in total.